The molecule has 4 rings (SSSR count). The third-order valence-electron chi connectivity index (χ3n) is 6.28. The highest BCUT2D eigenvalue weighted by Crippen LogP contribution is 2.33. The Labute approximate surface area is 209 Å². The van der Waals surface area contributed by atoms with E-state index in [1.807, 2.05) is 24.3 Å². The largest absolute Gasteiger partial charge is 0.491 e. The average molecular weight is 493 g/mol. The molecule has 4 aromatic rings. The smallest absolute Gasteiger partial charge is 0.201 e. The van der Waals surface area contributed by atoms with Gasteiger partial charge in [-0.1, -0.05) is 80.4 Å². The molecule has 0 N–H and O–H groups in total. The lowest BCUT2D eigenvalue weighted by atomic mass is 9.96. The third-order valence-corrected chi connectivity index (χ3v) is 6.28. The number of halogens is 4. The van der Waals surface area contributed by atoms with Crippen LogP contribution < -0.4 is 4.74 Å². The van der Waals surface area contributed by atoms with Gasteiger partial charge in [0.1, 0.15) is 0 Å². The summed E-state index contributed by atoms with van der Waals surface area (Å²) in [7, 11) is 0. The topological polar surface area (TPSA) is 9.23 Å². The van der Waals surface area contributed by atoms with Gasteiger partial charge < -0.3 is 4.74 Å². The van der Waals surface area contributed by atoms with Crippen LogP contribution >= 0.6 is 0 Å². The summed E-state index contributed by atoms with van der Waals surface area (Å²) in [5.41, 5.74) is 3.61. The SMILES string of the molecule is CCCCCc1ccc(-c2ccc(-c3ccc(-c4ccc(OCC)c(F)c4F)cc3)cc2)c(F)c1F. The van der Waals surface area contributed by atoms with E-state index in [0.717, 1.165) is 30.4 Å². The van der Waals surface area contributed by atoms with Gasteiger partial charge in [0.25, 0.3) is 0 Å². The molecule has 1 nitrogen and oxygen atoms in total. The summed E-state index contributed by atoms with van der Waals surface area (Å²) in [5.74, 6) is -3.68. The van der Waals surface area contributed by atoms with Gasteiger partial charge >= 0.3 is 0 Å². The Hall–Kier alpha value is -3.60. The summed E-state index contributed by atoms with van der Waals surface area (Å²) in [6, 6.07) is 20.4. The second kappa shape index (κ2) is 11.4. The molecule has 0 amide bonds. The van der Waals surface area contributed by atoms with E-state index in [1.165, 1.54) is 12.1 Å². The summed E-state index contributed by atoms with van der Waals surface area (Å²) < 4.78 is 63.3. The van der Waals surface area contributed by atoms with Crippen molar-refractivity contribution in [1.29, 1.82) is 0 Å². The number of hydrogen-bond donors (Lipinski definition) is 0. The number of benzene rings is 4. The zero-order valence-electron chi connectivity index (χ0n) is 20.4. The van der Waals surface area contributed by atoms with E-state index < -0.39 is 23.3 Å². The molecule has 4 aromatic carbocycles. The van der Waals surface area contributed by atoms with Gasteiger partial charge in [-0.25, -0.2) is 13.2 Å². The zero-order chi connectivity index (χ0) is 25.7. The average Bonchev–Trinajstić information content (AvgIpc) is 2.90. The fourth-order valence-corrected chi connectivity index (χ4v) is 4.28. The van der Waals surface area contributed by atoms with Gasteiger partial charge in [0.15, 0.2) is 23.2 Å². The van der Waals surface area contributed by atoms with Crippen LogP contribution in [0.15, 0.2) is 72.8 Å². The van der Waals surface area contributed by atoms with Crippen LogP contribution in [0.4, 0.5) is 17.6 Å². The Morgan fingerprint density at radius 3 is 1.56 bits per heavy atom. The summed E-state index contributed by atoms with van der Waals surface area (Å²) in [5, 5.41) is 0. The standard InChI is InChI=1S/C31H28F4O/c1-3-5-6-7-24-16-17-25(29(33)28(24)32)22-12-8-20(9-13-22)21-10-14-23(15-11-21)26-18-19-27(36-4-2)31(35)30(26)34/h8-19H,3-7H2,1-2H3. The summed E-state index contributed by atoms with van der Waals surface area (Å²) >= 11 is 0. The quantitative estimate of drug-likeness (QED) is 0.167. The van der Waals surface area contributed by atoms with Crippen molar-refractivity contribution in [2.45, 2.75) is 39.5 Å². The summed E-state index contributed by atoms with van der Waals surface area (Å²) in [6.07, 6.45) is 3.37. The molecule has 0 radical (unpaired) electrons. The first kappa shape index (κ1) is 25.5. The molecule has 0 unspecified atom stereocenters. The molecule has 0 bridgehead atoms. The molecule has 0 aromatic heterocycles. The first-order valence-electron chi connectivity index (χ1n) is 12.2. The first-order chi connectivity index (χ1) is 17.4. The van der Waals surface area contributed by atoms with E-state index in [-0.39, 0.29) is 23.5 Å². The van der Waals surface area contributed by atoms with Crippen LogP contribution in [0.1, 0.15) is 38.7 Å². The van der Waals surface area contributed by atoms with E-state index in [2.05, 4.69) is 6.92 Å². The van der Waals surface area contributed by atoms with Gasteiger partial charge in [0, 0.05) is 11.1 Å². The maximum Gasteiger partial charge on any atom is 0.201 e. The number of ether oxygens (including phenoxy) is 1. The molecule has 0 aliphatic rings. The predicted molar refractivity (Wildman–Crippen MR) is 137 cm³/mol. The number of hydrogen-bond acceptors (Lipinski definition) is 1. The lowest BCUT2D eigenvalue weighted by Gasteiger charge is -2.11. The van der Waals surface area contributed by atoms with E-state index >= 15 is 0 Å². The summed E-state index contributed by atoms with van der Waals surface area (Å²) in [4.78, 5) is 0. The van der Waals surface area contributed by atoms with Gasteiger partial charge in [-0.05, 0) is 59.7 Å². The number of unbranched alkanes of at least 4 members (excludes halogenated alkanes) is 2. The number of rotatable bonds is 9. The highest BCUT2D eigenvalue weighted by molar-refractivity contribution is 5.74. The Kier molecular flexibility index (Phi) is 8.09. The maximum absolute atomic E-state index is 14.8. The van der Waals surface area contributed by atoms with Crippen LogP contribution in [0.3, 0.4) is 0 Å². The normalized spacial score (nSPS) is 11.1. The van der Waals surface area contributed by atoms with Crippen molar-refractivity contribution in [2.75, 3.05) is 6.61 Å². The molecular weight excluding hydrogens is 464 g/mol. The van der Waals surface area contributed by atoms with E-state index in [4.69, 9.17) is 4.74 Å². The van der Waals surface area contributed by atoms with Crippen molar-refractivity contribution >= 4 is 0 Å². The minimum atomic E-state index is -1.01. The lowest BCUT2D eigenvalue weighted by molar-refractivity contribution is 0.314. The fourth-order valence-electron chi connectivity index (χ4n) is 4.28. The predicted octanol–water partition coefficient (Wildman–Crippen LogP) is 9.38. The molecule has 186 valence electrons. The van der Waals surface area contributed by atoms with Crippen LogP contribution in [-0.4, -0.2) is 6.61 Å². The molecule has 0 heterocycles. The van der Waals surface area contributed by atoms with Crippen molar-refractivity contribution in [2.24, 2.45) is 0 Å². The molecule has 0 aliphatic carbocycles. The van der Waals surface area contributed by atoms with Crippen LogP contribution in [0.25, 0.3) is 33.4 Å². The molecule has 0 spiro atoms. The van der Waals surface area contributed by atoms with Gasteiger partial charge in [-0.15, -0.1) is 0 Å². The fraction of sp³-hybridized carbons (Fsp3) is 0.226. The van der Waals surface area contributed by atoms with Crippen molar-refractivity contribution in [1.82, 2.24) is 0 Å². The van der Waals surface area contributed by atoms with Gasteiger partial charge in [-0.2, -0.15) is 4.39 Å². The van der Waals surface area contributed by atoms with Crippen molar-refractivity contribution in [3.8, 4) is 39.1 Å². The maximum atomic E-state index is 14.8. The Morgan fingerprint density at radius 1 is 0.528 bits per heavy atom. The monoisotopic (exact) mass is 492 g/mol. The highest BCUT2D eigenvalue weighted by Gasteiger charge is 2.17. The summed E-state index contributed by atoms with van der Waals surface area (Å²) in [6.45, 7) is 4.02. The van der Waals surface area contributed by atoms with E-state index in [0.29, 0.717) is 23.1 Å². The Bertz CT molecular complexity index is 1330. The van der Waals surface area contributed by atoms with Gasteiger partial charge in [0.2, 0.25) is 5.82 Å². The van der Waals surface area contributed by atoms with Crippen LogP contribution in [0.2, 0.25) is 0 Å². The van der Waals surface area contributed by atoms with Crippen molar-refractivity contribution in [3.05, 3.63) is 102 Å². The molecule has 0 saturated carbocycles. The lowest BCUT2D eigenvalue weighted by Crippen LogP contribution is -1.98. The molecule has 0 fully saturated rings. The van der Waals surface area contributed by atoms with Crippen molar-refractivity contribution in [3.63, 3.8) is 0 Å². The molecule has 36 heavy (non-hydrogen) atoms. The minimum Gasteiger partial charge on any atom is -0.491 e. The molecule has 0 aliphatic heterocycles. The molecular formula is C31H28F4O. The Morgan fingerprint density at radius 2 is 1.03 bits per heavy atom. The second-order valence-electron chi connectivity index (χ2n) is 8.68. The zero-order valence-corrected chi connectivity index (χ0v) is 20.4. The van der Waals surface area contributed by atoms with Gasteiger partial charge in [-0.3, -0.25) is 0 Å². The minimum absolute atomic E-state index is 0.113. The Balaban J connectivity index is 1.54. The highest BCUT2D eigenvalue weighted by atomic mass is 19.2. The molecule has 5 heteroatoms. The number of aryl methyl sites for hydroxylation is 1. The van der Waals surface area contributed by atoms with E-state index in [9.17, 15) is 17.6 Å². The molecule has 0 atom stereocenters. The first-order valence-corrected chi connectivity index (χ1v) is 12.2. The van der Waals surface area contributed by atoms with Crippen LogP contribution in [0.5, 0.6) is 5.75 Å². The second-order valence-corrected chi connectivity index (χ2v) is 8.68. The van der Waals surface area contributed by atoms with Crippen molar-refractivity contribution < 1.29 is 22.3 Å². The van der Waals surface area contributed by atoms with Crippen LogP contribution in [-0.2, 0) is 6.42 Å². The third kappa shape index (κ3) is 5.30. The van der Waals surface area contributed by atoms with E-state index in [1.54, 1.807) is 43.3 Å². The van der Waals surface area contributed by atoms with Gasteiger partial charge in [0.05, 0.1) is 6.61 Å². The molecule has 0 saturated heterocycles. The van der Waals surface area contributed by atoms with Crippen LogP contribution in [0, 0.1) is 23.3 Å².